The molecule has 13 heteroatoms. The van der Waals surface area contributed by atoms with Gasteiger partial charge in [0, 0.05) is 6.54 Å². The topological polar surface area (TPSA) is 126 Å². The lowest BCUT2D eigenvalue weighted by Gasteiger charge is -2.29. The van der Waals surface area contributed by atoms with Crippen LogP contribution in [0.4, 0.5) is 18.0 Å². The molecule has 1 saturated heterocycles. The van der Waals surface area contributed by atoms with Gasteiger partial charge in [-0.3, -0.25) is 14.4 Å². The molecule has 2 heterocycles. The SMILES string of the molecule is CCC[C@H](NC(=O)n1nnc2ccccc21)C(=O)N1CCCC1C(=O)N[C@@H](CCC)C(=O)C(F)(F)F. The molecule has 1 aromatic carbocycles. The first-order valence-electron chi connectivity index (χ1n) is 11.9. The van der Waals surface area contributed by atoms with Crippen LogP contribution in [-0.4, -0.2) is 74.4 Å². The molecular weight excluding hydrogens is 481 g/mol. The van der Waals surface area contributed by atoms with Gasteiger partial charge in [0.2, 0.25) is 11.8 Å². The highest BCUT2D eigenvalue weighted by molar-refractivity contribution is 5.97. The molecule has 3 atom stereocenters. The van der Waals surface area contributed by atoms with Crippen LogP contribution in [0, 0.1) is 0 Å². The molecule has 10 nitrogen and oxygen atoms in total. The first kappa shape index (κ1) is 27.1. The number of hydrogen-bond donors (Lipinski definition) is 2. The lowest BCUT2D eigenvalue weighted by molar-refractivity contribution is -0.174. The Morgan fingerprint density at radius 3 is 2.39 bits per heavy atom. The van der Waals surface area contributed by atoms with Crippen LogP contribution in [0.5, 0.6) is 0 Å². The number of nitrogens with one attached hydrogen (secondary N) is 2. The predicted molar refractivity (Wildman–Crippen MR) is 123 cm³/mol. The molecule has 0 radical (unpaired) electrons. The van der Waals surface area contributed by atoms with Gasteiger partial charge in [-0.1, -0.05) is 44.0 Å². The highest BCUT2D eigenvalue weighted by atomic mass is 19.4. The Kier molecular flexibility index (Phi) is 8.64. The third-order valence-corrected chi connectivity index (χ3v) is 6.05. The van der Waals surface area contributed by atoms with Crippen LogP contribution in [0.3, 0.4) is 0 Å². The Morgan fingerprint density at radius 2 is 1.72 bits per heavy atom. The Balaban J connectivity index is 1.74. The molecule has 1 aliphatic heterocycles. The average Bonchev–Trinajstić information content (AvgIpc) is 3.49. The van der Waals surface area contributed by atoms with Gasteiger partial charge in [0.25, 0.3) is 5.78 Å². The molecule has 0 spiro atoms. The fourth-order valence-electron chi connectivity index (χ4n) is 4.30. The van der Waals surface area contributed by atoms with Gasteiger partial charge in [-0.2, -0.15) is 17.9 Å². The minimum absolute atomic E-state index is 0.175. The second-order valence-electron chi connectivity index (χ2n) is 8.68. The van der Waals surface area contributed by atoms with Gasteiger partial charge in [-0.25, -0.2) is 4.79 Å². The number of rotatable bonds is 9. The molecule has 196 valence electrons. The summed E-state index contributed by atoms with van der Waals surface area (Å²) in [7, 11) is 0. The van der Waals surface area contributed by atoms with Crippen molar-refractivity contribution in [1.82, 2.24) is 30.5 Å². The number of aromatic nitrogens is 3. The van der Waals surface area contributed by atoms with Crippen molar-refractivity contribution < 1.29 is 32.3 Å². The van der Waals surface area contributed by atoms with Crippen LogP contribution in [0.1, 0.15) is 52.4 Å². The number of nitrogens with zero attached hydrogens (tertiary/aromatic N) is 4. The summed E-state index contributed by atoms with van der Waals surface area (Å²) in [5, 5.41) is 12.6. The molecule has 1 unspecified atom stereocenters. The highest BCUT2D eigenvalue weighted by Crippen LogP contribution is 2.23. The fraction of sp³-hybridized carbons (Fsp3) is 0.565. The Hall–Kier alpha value is -3.51. The van der Waals surface area contributed by atoms with Crippen molar-refractivity contribution in [2.75, 3.05) is 6.54 Å². The molecule has 2 N–H and O–H groups in total. The van der Waals surface area contributed by atoms with Gasteiger partial charge in [0.15, 0.2) is 0 Å². The number of hydrogen-bond acceptors (Lipinski definition) is 6. The Bertz CT molecular complexity index is 1120. The molecule has 3 rings (SSSR count). The minimum atomic E-state index is -5.08. The third-order valence-electron chi connectivity index (χ3n) is 6.05. The summed E-state index contributed by atoms with van der Waals surface area (Å²) in [6.07, 6.45) is -3.51. The second-order valence-corrected chi connectivity index (χ2v) is 8.68. The number of carbonyl (C=O) groups excluding carboxylic acids is 4. The van der Waals surface area contributed by atoms with Gasteiger partial charge in [0.05, 0.1) is 11.6 Å². The van der Waals surface area contributed by atoms with Crippen molar-refractivity contribution in [2.24, 2.45) is 0 Å². The van der Waals surface area contributed by atoms with E-state index in [0.717, 1.165) is 4.68 Å². The fourth-order valence-corrected chi connectivity index (χ4v) is 4.30. The number of likely N-dealkylation sites (tertiary alicyclic amines) is 1. The first-order chi connectivity index (χ1) is 17.1. The van der Waals surface area contributed by atoms with E-state index in [9.17, 15) is 32.3 Å². The van der Waals surface area contributed by atoms with Crippen molar-refractivity contribution in [3.8, 4) is 0 Å². The van der Waals surface area contributed by atoms with E-state index in [1.54, 1.807) is 31.2 Å². The van der Waals surface area contributed by atoms with E-state index in [1.165, 1.54) is 4.90 Å². The zero-order chi connectivity index (χ0) is 26.5. The van der Waals surface area contributed by atoms with Crippen molar-refractivity contribution in [2.45, 2.75) is 76.7 Å². The quantitative estimate of drug-likeness (QED) is 0.534. The lowest BCUT2D eigenvalue weighted by Crippen LogP contribution is -2.56. The van der Waals surface area contributed by atoms with E-state index in [0.29, 0.717) is 23.9 Å². The summed E-state index contributed by atoms with van der Waals surface area (Å²) in [5.74, 6) is -3.37. The van der Waals surface area contributed by atoms with Crippen molar-refractivity contribution in [1.29, 1.82) is 0 Å². The van der Waals surface area contributed by atoms with Crippen LogP contribution in [-0.2, 0) is 14.4 Å². The molecule has 1 aromatic heterocycles. The maximum Gasteiger partial charge on any atom is 0.452 e. The monoisotopic (exact) mass is 510 g/mol. The number of carbonyl (C=O) groups is 4. The average molecular weight is 511 g/mol. The molecule has 2 aromatic rings. The van der Waals surface area contributed by atoms with Crippen molar-refractivity contribution >= 4 is 34.7 Å². The summed E-state index contributed by atoms with van der Waals surface area (Å²) >= 11 is 0. The van der Waals surface area contributed by atoms with Gasteiger partial charge < -0.3 is 15.5 Å². The molecular formula is C23H29F3N6O4. The molecule has 36 heavy (non-hydrogen) atoms. The summed E-state index contributed by atoms with van der Waals surface area (Å²) in [5.41, 5.74) is 0.949. The molecule has 0 saturated carbocycles. The number of alkyl halides is 3. The molecule has 1 aliphatic rings. The number of benzene rings is 1. The summed E-state index contributed by atoms with van der Waals surface area (Å²) in [6, 6.07) is 2.39. The molecule has 3 amide bonds. The van der Waals surface area contributed by atoms with E-state index in [4.69, 9.17) is 0 Å². The normalized spacial score (nSPS) is 17.6. The summed E-state index contributed by atoms with van der Waals surface area (Å²) in [6.45, 7) is 3.62. The summed E-state index contributed by atoms with van der Waals surface area (Å²) in [4.78, 5) is 52.1. The largest absolute Gasteiger partial charge is 0.452 e. The Morgan fingerprint density at radius 1 is 1.06 bits per heavy atom. The second kappa shape index (κ2) is 11.5. The van der Waals surface area contributed by atoms with Crippen LogP contribution in [0.2, 0.25) is 0 Å². The third kappa shape index (κ3) is 6.00. The van der Waals surface area contributed by atoms with E-state index >= 15 is 0 Å². The van der Waals surface area contributed by atoms with E-state index in [-0.39, 0.29) is 32.2 Å². The lowest BCUT2D eigenvalue weighted by atomic mass is 10.1. The molecule has 0 aliphatic carbocycles. The number of para-hydroxylation sites is 1. The van der Waals surface area contributed by atoms with Gasteiger partial charge >= 0.3 is 12.2 Å². The van der Waals surface area contributed by atoms with Crippen LogP contribution in [0.15, 0.2) is 24.3 Å². The maximum absolute atomic E-state index is 13.4. The van der Waals surface area contributed by atoms with Crippen LogP contribution < -0.4 is 10.6 Å². The van der Waals surface area contributed by atoms with Gasteiger partial charge in [-0.05, 0) is 37.8 Å². The number of fused-ring (bicyclic) bond motifs is 1. The van der Waals surface area contributed by atoms with Gasteiger partial charge in [-0.15, -0.1) is 5.10 Å². The van der Waals surface area contributed by atoms with E-state index in [1.807, 2.05) is 6.92 Å². The number of ketones is 1. The van der Waals surface area contributed by atoms with E-state index < -0.39 is 47.9 Å². The Labute approximate surface area is 205 Å². The minimum Gasteiger partial charge on any atom is -0.344 e. The number of Topliss-reactive ketones (excluding diaryl/α,β-unsaturated/α-hetero) is 1. The number of amides is 3. The highest BCUT2D eigenvalue weighted by Gasteiger charge is 2.45. The smallest absolute Gasteiger partial charge is 0.344 e. The number of halogens is 3. The van der Waals surface area contributed by atoms with Crippen LogP contribution in [0.25, 0.3) is 11.0 Å². The van der Waals surface area contributed by atoms with Crippen LogP contribution >= 0.6 is 0 Å². The predicted octanol–water partition coefficient (Wildman–Crippen LogP) is 2.57. The zero-order valence-electron chi connectivity index (χ0n) is 20.0. The maximum atomic E-state index is 13.4. The molecule has 1 fully saturated rings. The zero-order valence-corrected chi connectivity index (χ0v) is 20.0. The van der Waals surface area contributed by atoms with E-state index in [2.05, 4.69) is 20.9 Å². The summed E-state index contributed by atoms with van der Waals surface area (Å²) < 4.78 is 39.9. The standard InChI is InChI=1S/C23H29F3N6O4/c1-3-8-15(19(33)23(24,25)26)27-20(34)18-12-7-13-31(18)21(35)16(9-4-2)28-22(36)32-17-11-6-5-10-14(17)29-30-32/h5-6,10-11,15-16,18H,3-4,7-9,12-13H2,1-2H3,(H,27,34)(H,28,36)/t15-,16-,18?/m0/s1. The van der Waals surface area contributed by atoms with Gasteiger partial charge in [0.1, 0.15) is 17.6 Å². The van der Waals surface area contributed by atoms with Crippen molar-refractivity contribution in [3.63, 3.8) is 0 Å². The van der Waals surface area contributed by atoms with Crippen molar-refractivity contribution in [3.05, 3.63) is 24.3 Å². The molecule has 0 bridgehead atoms. The first-order valence-corrected chi connectivity index (χ1v) is 11.9.